The molecule has 1 aliphatic rings. The molecule has 0 bridgehead atoms. The van der Waals surface area contributed by atoms with Crippen molar-refractivity contribution in [1.29, 1.82) is 0 Å². The number of nitrogens with zero attached hydrogens (tertiary/aromatic N) is 1. The number of hydrogen-bond acceptors (Lipinski definition) is 5. The highest BCUT2D eigenvalue weighted by Crippen LogP contribution is 2.08. The molecule has 1 fully saturated rings. The molecule has 1 atom stereocenters. The number of carbonyl (C=O) groups excluding carboxylic acids is 2. The summed E-state index contributed by atoms with van der Waals surface area (Å²) >= 11 is 0. The van der Waals surface area contributed by atoms with Gasteiger partial charge in [0, 0.05) is 25.0 Å². The molecule has 0 saturated carbocycles. The summed E-state index contributed by atoms with van der Waals surface area (Å²) in [6.07, 6.45) is 1.53. The zero-order valence-corrected chi connectivity index (χ0v) is 9.94. The predicted octanol–water partition coefficient (Wildman–Crippen LogP) is 0.148. The van der Waals surface area contributed by atoms with Crippen LogP contribution in [0.3, 0.4) is 0 Å². The average Bonchev–Trinajstić information content (AvgIpc) is 2.64. The highest BCUT2D eigenvalue weighted by molar-refractivity contribution is 5.83. The Hall–Kier alpha value is -0.940. The first-order valence-corrected chi connectivity index (χ1v) is 5.68. The summed E-state index contributed by atoms with van der Waals surface area (Å²) in [5.41, 5.74) is 0. The van der Waals surface area contributed by atoms with Gasteiger partial charge in [-0.25, -0.2) is 0 Å². The van der Waals surface area contributed by atoms with Gasteiger partial charge < -0.3 is 10.1 Å². The molecule has 0 spiro atoms. The number of Topliss-reactive ketones (excluding diaryl/α,β-unsaturated/α-hetero) is 1. The van der Waals surface area contributed by atoms with E-state index in [1.165, 1.54) is 0 Å². The van der Waals surface area contributed by atoms with Crippen LogP contribution in [0.2, 0.25) is 0 Å². The molecule has 0 aromatic rings. The van der Waals surface area contributed by atoms with Crippen LogP contribution in [-0.4, -0.2) is 49.1 Å². The monoisotopic (exact) mass is 228 g/mol. The summed E-state index contributed by atoms with van der Waals surface area (Å²) in [6.45, 7) is 6.23. The van der Waals surface area contributed by atoms with E-state index < -0.39 is 0 Å². The number of carbonyl (C=O) groups is 2. The van der Waals surface area contributed by atoms with Crippen LogP contribution in [0.5, 0.6) is 0 Å². The molecule has 1 saturated heterocycles. The SMILES string of the molecule is CC(C)N(CCC1CC(=O)CN1)COC=O. The Morgan fingerprint density at radius 3 is 2.88 bits per heavy atom. The number of ether oxygens (including phenoxy) is 1. The number of nitrogens with one attached hydrogen (secondary N) is 1. The highest BCUT2D eigenvalue weighted by Gasteiger charge is 2.22. The third-order valence-electron chi connectivity index (χ3n) is 2.87. The average molecular weight is 228 g/mol. The molecule has 0 aliphatic carbocycles. The molecule has 1 aliphatic heterocycles. The molecule has 16 heavy (non-hydrogen) atoms. The molecule has 0 radical (unpaired) electrons. The third-order valence-corrected chi connectivity index (χ3v) is 2.87. The van der Waals surface area contributed by atoms with Crippen LogP contribution < -0.4 is 5.32 Å². The van der Waals surface area contributed by atoms with Crippen molar-refractivity contribution in [3.05, 3.63) is 0 Å². The first-order valence-electron chi connectivity index (χ1n) is 5.68. The van der Waals surface area contributed by atoms with E-state index in [0.717, 1.165) is 13.0 Å². The molecule has 1 rings (SSSR count). The molecule has 5 heteroatoms. The van der Waals surface area contributed by atoms with E-state index in [1.54, 1.807) is 0 Å². The first-order chi connectivity index (χ1) is 7.63. The zero-order chi connectivity index (χ0) is 12.0. The second kappa shape index (κ2) is 6.60. The molecule has 1 heterocycles. The summed E-state index contributed by atoms with van der Waals surface area (Å²) in [5.74, 6) is 0.283. The molecule has 0 amide bonds. The van der Waals surface area contributed by atoms with E-state index in [4.69, 9.17) is 4.74 Å². The van der Waals surface area contributed by atoms with E-state index >= 15 is 0 Å². The van der Waals surface area contributed by atoms with Gasteiger partial charge in [0.05, 0.1) is 6.54 Å². The Morgan fingerprint density at radius 2 is 2.38 bits per heavy atom. The van der Waals surface area contributed by atoms with Crippen molar-refractivity contribution < 1.29 is 14.3 Å². The lowest BCUT2D eigenvalue weighted by atomic mass is 10.1. The molecule has 92 valence electrons. The quantitative estimate of drug-likeness (QED) is 0.496. The fraction of sp³-hybridized carbons (Fsp3) is 0.818. The fourth-order valence-electron chi connectivity index (χ4n) is 1.80. The van der Waals surface area contributed by atoms with Crippen molar-refractivity contribution in [3.8, 4) is 0 Å². The second-order valence-corrected chi connectivity index (χ2v) is 4.41. The van der Waals surface area contributed by atoms with Gasteiger partial charge in [0.25, 0.3) is 6.47 Å². The smallest absolute Gasteiger partial charge is 0.294 e. The van der Waals surface area contributed by atoms with E-state index in [-0.39, 0.29) is 11.8 Å². The van der Waals surface area contributed by atoms with Crippen LogP contribution in [0, 0.1) is 0 Å². The summed E-state index contributed by atoms with van der Waals surface area (Å²) < 4.78 is 4.75. The standard InChI is InChI=1S/C11H20N2O3/c1-9(2)13(7-16-8-14)4-3-10-5-11(15)6-12-10/h8-10,12H,3-7H2,1-2H3. The summed E-state index contributed by atoms with van der Waals surface area (Å²) in [4.78, 5) is 23.3. The second-order valence-electron chi connectivity index (χ2n) is 4.41. The lowest BCUT2D eigenvalue weighted by Crippen LogP contribution is -2.36. The Labute approximate surface area is 96.1 Å². The van der Waals surface area contributed by atoms with E-state index in [2.05, 4.69) is 24.1 Å². The summed E-state index contributed by atoms with van der Waals surface area (Å²) in [6, 6.07) is 0.613. The van der Waals surface area contributed by atoms with Gasteiger partial charge in [-0.05, 0) is 20.3 Å². The van der Waals surface area contributed by atoms with Crippen LogP contribution >= 0.6 is 0 Å². The molecule has 0 aromatic heterocycles. The van der Waals surface area contributed by atoms with Crippen molar-refractivity contribution in [2.45, 2.75) is 38.8 Å². The predicted molar refractivity (Wildman–Crippen MR) is 59.9 cm³/mol. The molecule has 1 unspecified atom stereocenters. The van der Waals surface area contributed by atoms with Crippen molar-refractivity contribution in [2.24, 2.45) is 0 Å². The Morgan fingerprint density at radius 1 is 1.62 bits per heavy atom. The van der Waals surface area contributed by atoms with Gasteiger partial charge >= 0.3 is 0 Å². The minimum absolute atomic E-state index is 0.282. The van der Waals surface area contributed by atoms with Gasteiger partial charge in [-0.2, -0.15) is 0 Å². The van der Waals surface area contributed by atoms with Crippen molar-refractivity contribution in [3.63, 3.8) is 0 Å². The lowest BCUT2D eigenvalue weighted by Gasteiger charge is -2.26. The number of rotatable bonds is 7. The molecule has 5 nitrogen and oxygen atoms in total. The van der Waals surface area contributed by atoms with Gasteiger partial charge in [-0.1, -0.05) is 0 Å². The van der Waals surface area contributed by atoms with Crippen LogP contribution in [0.4, 0.5) is 0 Å². The van der Waals surface area contributed by atoms with Gasteiger partial charge in [-0.3, -0.25) is 14.5 Å². The molecule has 1 N–H and O–H groups in total. The van der Waals surface area contributed by atoms with E-state index in [1.807, 2.05) is 0 Å². The van der Waals surface area contributed by atoms with E-state index in [0.29, 0.717) is 32.2 Å². The molecular formula is C11H20N2O3. The largest absolute Gasteiger partial charge is 0.452 e. The Kier molecular flexibility index (Phi) is 5.42. The normalized spacial score (nSPS) is 20.8. The van der Waals surface area contributed by atoms with Crippen LogP contribution in [0.25, 0.3) is 0 Å². The van der Waals surface area contributed by atoms with Crippen molar-refractivity contribution in [2.75, 3.05) is 19.8 Å². The topological polar surface area (TPSA) is 58.6 Å². The third kappa shape index (κ3) is 4.28. The summed E-state index contributed by atoms with van der Waals surface area (Å²) in [7, 11) is 0. The minimum Gasteiger partial charge on any atom is -0.452 e. The van der Waals surface area contributed by atoms with Crippen molar-refractivity contribution in [1.82, 2.24) is 10.2 Å². The van der Waals surface area contributed by atoms with Crippen LogP contribution in [-0.2, 0) is 14.3 Å². The lowest BCUT2D eigenvalue weighted by molar-refractivity contribution is -0.134. The fourth-order valence-corrected chi connectivity index (χ4v) is 1.80. The first kappa shape index (κ1) is 13.1. The van der Waals surface area contributed by atoms with Crippen LogP contribution in [0.15, 0.2) is 0 Å². The molecule has 0 aromatic carbocycles. The molecular weight excluding hydrogens is 208 g/mol. The number of ketones is 1. The van der Waals surface area contributed by atoms with E-state index in [9.17, 15) is 9.59 Å². The van der Waals surface area contributed by atoms with Gasteiger partial charge in [-0.15, -0.1) is 0 Å². The van der Waals surface area contributed by atoms with Gasteiger partial charge in [0.1, 0.15) is 12.5 Å². The van der Waals surface area contributed by atoms with Crippen molar-refractivity contribution >= 4 is 12.3 Å². The zero-order valence-electron chi connectivity index (χ0n) is 9.94. The van der Waals surface area contributed by atoms with Crippen LogP contribution in [0.1, 0.15) is 26.7 Å². The number of hydrogen-bond donors (Lipinski definition) is 1. The Balaban J connectivity index is 2.26. The maximum Gasteiger partial charge on any atom is 0.294 e. The maximum absolute atomic E-state index is 11.1. The maximum atomic E-state index is 11.1. The minimum atomic E-state index is 0.282. The Bertz CT molecular complexity index is 243. The van der Waals surface area contributed by atoms with Gasteiger partial charge in [0.15, 0.2) is 0 Å². The van der Waals surface area contributed by atoms with Gasteiger partial charge in [0.2, 0.25) is 0 Å². The highest BCUT2D eigenvalue weighted by atomic mass is 16.5. The summed E-state index contributed by atoms with van der Waals surface area (Å²) in [5, 5.41) is 3.17.